The van der Waals surface area contributed by atoms with Gasteiger partial charge in [0.05, 0.1) is 16.7 Å². The van der Waals surface area contributed by atoms with E-state index in [1.807, 2.05) is 0 Å². The molecule has 2 aromatic rings. The van der Waals surface area contributed by atoms with E-state index >= 15 is 0 Å². The van der Waals surface area contributed by atoms with Gasteiger partial charge >= 0.3 is 5.97 Å². The number of aromatic carboxylic acids is 1. The Bertz CT molecular complexity index is 1040. The molecule has 1 aliphatic heterocycles. The third-order valence-electron chi connectivity index (χ3n) is 4.47. The maximum atomic E-state index is 12.9. The Hall–Kier alpha value is -2.75. The van der Waals surface area contributed by atoms with Crippen molar-refractivity contribution in [1.82, 2.24) is 9.73 Å². The third-order valence-corrected chi connectivity index (χ3v) is 6.65. The number of nitrogens with zero attached hydrogens (tertiary/aromatic N) is 2. The van der Waals surface area contributed by atoms with Crippen LogP contribution in [-0.2, 0) is 14.8 Å². The van der Waals surface area contributed by atoms with E-state index in [-0.39, 0.29) is 17.0 Å². The van der Waals surface area contributed by atoms with Crippen LogP contribution in [0.25, 0.3) is 0 Å². The summed E-state index contributed by atoms with van der Waals surface area (Å²) in [5.74, 6) is -1.57. The van der Waals surface area contributed by atoms with Gasteiger partial charge in [0.1, 0.15) is 6.04 Å². The minimum atomic E-state index is -3.83. The van der Waals surface area contributed by atoms with Crippen LogP contribution in [0.2, 0.25) is 5.02 Å². The smallest absolute Gasteiger partial charge is 0.335 e. The molecule has 29 heavy (non-hydrogen) atoms. The molecule has 0 spiro atoms. The van der Waals surface area contributed by atoms with Crippen LogP contribution in [-0.4, -0.2) is 48.5 Å². The number of halogens is 1. The summed E-state index contributed by atoms with van der Waals surface area (Å²) in [6.07, 6.45) is 2.31. The fraction of sp³-hybridized carbons (Fsp3) is 0.211. The minimum Gasteiger partial charge on any atom is -0.478 e. The van der Waals surface area contributed by atoms with Crippen LogP contribution in [0.3, 0.4) is 0 Å². The second-order valence-electron chi connectivity index (χ2n) is 6.39. The van der Waals surface area contributed by atoms with Crippen LogP contribution < -0.4 is 5.43 Å². The van der Waals surface area contributed by atoms with E-state index in [1.54, 1.807) is 12.1 Å². The van der Waals surface area contributed by atoms with E-state index in [1.165, 1.54) is 46.9 Å². The number of hydrogen-bond donors (Lipinski definition) is 2. The van der Waals surface area contributed by atoms with E-state index in [9.17, 15) is 18.0 Å². The summed E-state index contributed by atoms with van der Waals surface area (Å²) in [5, 5.41) is 13.2. The van der Waals surface area contributed by atoms with Gasteiger partial charge in [0.15, 0.2) is 0 Å². The molecule has 0 unspecified atom stereocenters. The van der Waals surface area contributed by atoms with Gasteiger partial charge in [-0.25, -0.2) is 18.6 Å². The number of hydrogen-bond acceptors (Lipinski definition) is 5. The largest absolute Gasteiger partial charge is 0.478 e. The van der Waals surface area contributed by atoms with Crippen molar-refractivity contribution in [1.29, 1.82) is 0 Å². The predicted octanol–water partition coefficient (Wildman–Crippen LogP) is 2.34. The molecular formula is C19H18ClN3O5S. The molecule has 2 N–H and O–H groups in total. The first kappa shape index (κ1) is 21.0. The van der Waals surface area contributed by atoms with Crippen molar-refractivity contribution in [2.24, 2.45) is 5.10 Å². The standard InChI is InChI=1S/C19H18ClN3O5S/c20-15-7-9-16(10-8-15)29(27,28)23-11-1-2-17(23)18(24)22-21-12-13-3-5-14(6-4-13)19(25)26/h3-10,12,17H,1-2,11H2,(H,22,24)(H,25,26)/b21-12-/t17-/m1/s1. The highest BCUT2D eigenvalue weighted by atomic mass is 35.5. The van der Waals surface area contributed by atoms with Crippen molar-refractivity contribution in [3.63, 3.8) is 0 Å². The Labute approximate surface area is 172 Å². The van der Waals surface area contributed by atoms with E-state index in [4.69, 9.17) is 16.7 Å². The zero-order valence-electron chi connectivity index (χ0n) is 15.2. The molecule has 8 nitrogen and oxygen atoms in total. The van der Waals surface area contributed by atoms with E-state index in [0.717, 1.165) is 0 Å². The molecule has 2 aromatic carbocycles. The molecule has 0 bridgehead atoms. The molecule has 1 fully saturated rings. The van der Waals surface area contributed by atoms with Crippen LogP contribution in [0, 0.1) is 0 Å². The van der Waals surface area contributed by atoms with Crippen molar-refractivity contribution in [3.05, 3.63) is 64.7 Å². The number of carboxylic acids is 1. The van der Waals surface area contributed by atoms with Crippen molar-refractivity contribution >= 4 is 39.7 Å². The number of carbonyl (C=O) groups is 2. The lowest BCUT2D eigenvalue weighted by Gasteiger charge is -2.22. The molecule has 1 saturated heterocycles. The van der Waals surface area contributed by atoms with Crippen LogP contribution >= 0.6 is 11.6 Å². The molecule has 1 amide bonds. The number of hydrazone groups is 1. The SMILES string of the molecule is O=C(O)c1ccc(/C=N\NC(=O)[C@H]2CCCN2S(=O)(=O)c2ccc(Cl)cc2)cc1. The lowest BCUT2D eigenvalue weighted by atomic mass is 10.1. The molecule has 0 saturated carbocycles. The topological polar surface area (TPSA) is 116 Å². The summed E-state index contributed by atoms with van der Waals surface area (Å²) in [4.78, 5) is 23.4. The molecule has 152 valence electrons. The minimum absolute atomic E-state index is 0.0728. The Morgan fingerprint density at radius 3 is 2.41 bits per heavy atom. The molecule has 0 aromatic heterocycles. The van der Waals surface area contributed by atoms with Crippen molar-refractivity contribution < 1.29 is 23.1 Å². The molecule has 1 atom stereocenters. The van der Waals surface area contributed by atoms with Gasteiger partial charge in [-0.1, -0.05) is 23.7 Å². The highest BCUT2D eigenvalue weighted by Gasteiger charge is 2.39. The fourth-order valence-electron chi connectivity index (χ4n) is 2.99. The fourth-order valence-corrected chi connectivity index (χ4v) is 4.77. The average molecular weight is 436 g/mol. The van der Waals surface area contributed by atoms with Gasteiger partial charge < -0.3 is 5.11 Å². The number of carbonyl (C=O) groups excluding carboxylic acids is 1. The Balaban J connectivity index is 1.68. The zero-order chi connectivity index (χ0) is 21.0. The van der Waals surface area contributed by atoms with Crippen molar-refractivity contribution in [2.75, 3.05) is 6.54 Å². The van der Waals surface area contributed by atoms with Crippen LogP contribution in [0.15, 0.2) is 58.5 Å². The first-order chi connectivity index (χ1) is 13.8. The number of sulfonamides is 1. The lowest BCUT2D eigenvalue weighted by Crippen LogP contribution is -2.44. The van der Waals surface area contributed by atoms with Gasteiger partial charge in [-0.15, -0.1) is 0 Å². The highest BCUT2D eigenvalue weighted by molar-refractivity contribution is 7.89. The van der Waals surface area contributed by atoms with E-state index in [2.05, 4.69) is 10.5 Å². The summed E-state index contributed by atoms with van der Waals surface area (Å²) >= 11 is 5.81. The summed E-state index contributed by atoms with van der Waals surface area (Å²) in [5.41, 5.74) is 3.09. The van der Waals surface area contributed by atoms with E-state index in [0.29, 0.717) is 23.4 Å². The third kappa shape index (κ3) is 4.81. The highest BCUT2D eigenvalue weighted by Crippen LogP contribution is 2.27. The second kappa shape index (κ2) is 8.73. The maximum absolute atomic E-state index is 12.9. The molecule has 1 heterocycles. The van der Waals surface area contributed by atoms with Crippen molar-refractivity contribution in [3.8, 4) is 0 Å². The molecule has 10 heteroatoms. The number of rotatable bonds is 6. The van der Waals surface area contributed by atoms with Crippen LogP contribution in [0.4, 0.5) is 0 Å². The number of benzene rings is 2. The van der Waals surface area contributed by atoms with Gasteiger partial charge in [-0.05, 0) is 54.8 Å². The Kier molecular flexibility index (Phi) is 6.31. The quantitative estimate of drug-likeness (QED) is 0.533. The van der Waals surface area contributed by atoms with Gasteiger partial charge in [0.2, 0.25) is 10.0 Å². The normalized spacial score (nSPS) is 17.5. The summed E-state index contributed by atoms with van der Waals surface area (Å²) in [7, 11) is -3.83. The Morgan fingerprint density at radius 1 is 1.14 bits per heavy atom. The molecule has 1 aliphatic rings. The van der Waals surface area contributed by atoms with Crippen molar-refractivity contribution in [2.45, 2.75) is 23.8 Å². The van der Waals surface area contributed by atoms with Crippen LogP contribution in [0.1, 0.15) is 28.8 Å². The van der Waals surface area contributed by atoms with Gasteiger partial charge in [0, 0.05) is 11.6 Å². The summed E-state index contributed by atoms with van der Waals surface area (Å²) < 4.78 is 26.9. The molecule has 0 radical (unpaired) electrons. The first-order valence-corrected chi connectivity index (χ1v) is 10.5. The summed E-state index contributed by atoms with van der Waals surface area (Å²) in [6.45, 7) is 0.239. The van der Waals surface area contributed by atoms with Gasteiger partial charge in [-0.3, -0.25) is 4.79 Å². The molecular weight excluding hydrogens is 418 g/mol. The molecule has 0 aliphatic carbocycles. The Morgan fingerprint density at radius 2 is 1.79 bits per heavy atom. The lowest BCUT2D eigenvalue weighted by molar-refractivity contribution is -0.124. The average Bonchev–Trinajstić information content (AvgIpc) is 3.19. The molecule has 3 rings (SSSR count). The number of carboxylic acid groups (broad SMARTS) is 1. The zero-order valence-corrected chi connectivity index (χ0v) is 16.7. The predicted molar refractivity (Wildman–Crippen MR) is 108 cm³/mol. The van der Waals surface area contributed by atoms with E-state index < -0.39 is 27.9 Å². The summed E-state index contributed by atoms with van der Waals surface area (Å²) in [6, 6.07) is 10.9. The monoisotopic (exact) mass is 435 g/mol. The first-order valence-electron chi connectivity index (χ1n) is 8.73. The van der Waals surface area contributed by atoms with Crippen LogP contribution in [0.5, 0.6) is 0 Å². The van der Waals surface area contributed by atoms with Gasteiger partial charge in [0.25, 0.3) is 5.91 Å². The van der Waals surface area contributed by atoms with Gasteiger partial charge in [-0.2, -0.15) is 9.41 Å². The maximum Gasteiger partial charge on any atom is 0.335 e. The number of amides is 1. The second-order valence-corrected chi connectivity index (χ2v) is 8.72. The number of nitrogens with one attached hydrogen (secondary N) is 1.